The number of aldehydes is 1. The van der Waals surface area contributed by atoms with E-state index in [1.165, 1.54) is 12.1 Å². The van der Waals surface area contributed by atoms with E-state index in [2.05, 4.69) is 4.98 Å². The van der Waals surface area contributed by atoms with Crippen LogP contribution in [0.2, 0.25) is 0 Å². The van der Waals surface area contributed by atoms with Gasteiger partial charge in [-0.3, -0.25) is 4.79 Å². The summed E-state index contributed by atoms with van der Waals surface area (Å²) in [7, 11) is 0. The first-order valence-electron chi connectivity index (χ1n) is 2.50. The van der Waals surface area contributed by atoms with Crippen LogP contribution in [0.4, 0.5) is 4.39 Å². The standard InChI is InChI=1S/C6H3FINO/c7-6-2-4(8)1-5(3-10)9-6/h1-3H. The van der Waals surface area contributed by atoms with Crippen molar-refractivity contribution in [2.75, 3.05) is 0 Å². The maximum absolute atomic E-state index is 12.3. The number of pyridine rings is 1. The Kier molecular flexibility index (Phi) is 2.31. The zero-order valence-electron chi connectivity index (χ0n) is 4.84. The first-order valence-corrected chi connectivity index (χ1v) is 3.58. The molecule has 0 bridgehead atoms. The second kappa shape index (κ2) is 3.05. The van der Waals surface area contributed by atoms with Crippen molar-refractivity contribution in [3.63, 3.8) is 0 Å². The van der Waals surface area contributed by atoms with Gasteiger partial charge in [0, 0.05) is 9.64 Å². The maximum Gasteiger partial charge on any atom is 0.214 e. The number of aromatic nitrogens is 1. The molecule has 10 heavy (non-hydrogen) atoms. The fourth-order valence-electron chi connectivity index (χ4n) is 0.545. The highest BCUT2D eigenvalue weighted by molar-refractivity contribution is 14.1. The topological polar surface area (TPSA) is 30.0 Å². The average Bonchev–Trinajstić information content (AvgIpc) is 1.85. The fraction of sp³-hybridized carbons (Fsp3) is 0. The van der Waals surface area contributed by atoms with Gasteiger partial charge in [0.25, 0.3) is 0 Å². The van der Waals surface area contributed by atoms with Crippen molar-refractivity contribution in [1.82, 2.24) is 4.98 Å². The summed E-state index contributed by atoms with van der Waals surface area (Å²) < 4.78 is 13.0. The molecule has 0 unspecified atom stereocenters. The highest BCUT2D eigenvalue weighted by atomic mass is 127. The summed E-state index contributed by atoms with van der Waals surface area (Å²) in [5.74, 6) is -0.617. The normalized spacial score (nSPS) is 9.40. The summed E-state index contributed by atoms with van der Waals surface area (Å²) >= 11 is 1.92. The SMILES string of the molecule is O=Cc1cc(I)cc(F)n1. The number of nitrogens with zero attached hydrogens (tertiary/aromatic N) is 1. The lowest BCUT2D eigenvalue weighted by Crippen LogP contribution is -1.91. The second-order valence-corrected chi connectivity index (χ2v) is 2.90. The molecule has 2 nitrogen and oxygen atoms in total. The third-order valence-corrected chi connectivity index (χ3v) is 1.52. The monoisotopic (exact) mass is 251 g/mol. The van der Waals surface area contributed by atoms with Crippen LogP contribution >= 0.6 is 22.6 Å². The molecule has 0 saturated heterocycles. The first kappa shape index (κ1) is 7.59. The molecular formula is C6H3FINO. The molecule has 0 radical (unpaired) electrons. The van der Waals surface area contributed by atoms with Gasteiger partial charge in [-0.15, -0.1) is 0 Å². The highest BCUT2D eigenvalue weighted by Gasteiger charge is 1.97. The third kappa shape index (κ3) is 1.73. The Morgan fingerprint density at radius 3 is 2.80 bits per heavy atom. The molecule has 1 heterocycles. The molecule has 0 fully saturated rings. The van der Waals surface area contributed by atoms with Crippen LogP contribution in [-0.2, 0) is 0 Å². The minimum atomic E-state index is -0.617. The number of hydrogen-bond donors (Lipinski definition) is 0. The van der Waals surface area contributed by atoms with E-state index in [-0.39, 0.29) is 5.69 Å². The first-order chi connectivity index (χ1) is 4.72. The molecule has 1 rings (SSSR count). The summed E-state index contributed by atoms with van der Waals surface area (Å²) in [5.41, 5.74) is 0.129. The van der Waals surface area contributed by atoms with Crippen molar-refractivity contribution in [3.05, 3.63) is 27.3 Å². The molecule has 0 amide bonds. The van der Waals surface area contributed by atoms with Gasteiger partial charge in [0.2, 0.25) is 5.95 Å². The molecule has 52 valence electrons. The Balaban J connectivity index is 3.18. The lowest BCUT2D eigenvalue weighted by molar-refractivity contribution is 0.111. The van der Waals surface area contributed by atoms with Crippen LogP contribution in [0.1, 0.15) is 10.5 Å². The summed E-state index contributed by atoms with van der Waals surface area (Å²) in [5, 5.41) is 0. The number of rotatable bonds is 1. The van der Waals surface area contributed by atoms with Gasteiger partial charge in [0.05, 0.1) is 0 Å². The summed E-state index contributed by atoms with van der Waals surface area (Å²) in [6.07, 6.45) is 0.519. The van der Waals surface area contributed by atoms with Gasteiger partial charge in [-0.05, 0) is 28.7 Å². The Morgan fingerprint density at radius 2 is 2.30 bits per heavy atom. The molecular weight excluding hydrogens is 248 g/mol. The average molecular weight is 251 g/mol. The predicted octanol–water partition coefficient (Wildman–Crippen LogP) is 1.64. The smallest absolute Gasteiger partial charge is 0.214 e. The summed E-state index contributed by atoms with van der Waals surface area (Å²) in [4.78, 5) is 13.4. The molecule has 0 N–H and O–H groups in total. The highest BCUT2D eigenvalue weighted by Crippen LogP contribution is 2.05. The fourth-order valence-corrected chi connectivity index (χ4v) is 1.12. The Morgan fingerprint density at radius 1 is 1.60 bits per heavy atom. The zero-order valence-corrected chi connectivity index (χ0v) is 7.00. The number of hydrogen-bond acceptors (Lipinski definition) is 2. The molecule has 0 spiro atoms. The third-order valence-electron chi connectivity index (χ3n) is 0.899. The molecule has 1 aromatic heterocycles. The molecule has 0 aliphatic heterocycles. The van der Waals surface area contributed by atoms with Crippen LogP contribution in [-0.4, -0.2) is 11.3 Å². The van der Waals surface area contributed by atoms with Crippen molar-refractivity contribution in [2.24, 2.45) is 0 Å². The van der Waals surface area contributed by atoms with Crippen molar-refractivity contribution in [3.8, 4) is 0 Å². The van der Waals surface area contributed by atoms with Crippen molar-refractivity contribution < 1.29 is 9.18 Å². The van der Waals surface area contributed by atoms with Crippen LogP contribution in [0.25, 0.3) is 0 Å². The van der Waals surface area contributed by atoms with Crippen LogP contribution in [0, 0.1) is 9.52 Å². The number of carbonyl (C=O) groups excluding carboxylic acids is 1. The molecule has 0 aliphatic carbocycles. The van der Waals surface area contributed by atoms with Crippen molar-refractivity contribution in [1.29, 1.82) is 0 Å². The minimum absolute atomic E-state index is 0.129. The number of halogens is 2. The van der Waals surface area contributed by atoms with Crippen LogP contribution < -0.4 is 0 Å². The van der Waals surface area contributed by atoms with Gasteiger partial charge in [0.15, 0.2) is 6.29 Å². The van der Waals surface area contributed by atoms with E-state index in [0.29, 0.717) is 9.86 Å². The molecule has 1 aromatic rings. The molecule has 0 aromatic carbocycles. The Hall–Kier alpha value is -0.520. The second-order valence-electron chi connectivity index (χ2n) is 1.65. The van der Waals surface area contributed by atoms with E-state index < -0.39 is 5.95 Å². The Bertz CT molecular complexity index is 244. The largest absolute Gasteiger partial charge is 0.296 e. The van der Waals surface area contributed by atoms with Gasteiger partial charge in [-0.2, -0.15) is 4.39 Å². The summed E-state index contributed by atoms with van der Waals surface area (Å²) in [6, 6.07) is 2.77. The maximum atomic E-state index is 12.3. The van der Waals surface area contributed by atoms with Gasteiger partial charge < -0.3 is 0 Å². The lowest BCUT2D eigenvalue weighted by Gasteiger charge is -1.91. The van der Waals surface area contributed by atoms with E-state index in [1.807, 2.05) is 22.6 Å². The Labute approximate surface area is 70.6 Å². The van der Waals surface area contributed by atoms with Crippen molar-refractivity contribution in [2.45, 2.75) is 0 Å². The molecule has 0 aliphatic rings. The van der Waals surface area contributed by atoms with Gasteiger partial charge >= 0.3 is 0 Å². The molecule has 0 atom stereocenters. The van der Waals surface area contributed by atoms with Gasteiger partial charge in [-0.1, -0.05) is 0 Å². The predicted molar refractivity (Wildman–Crippen MR) is 42.3 cm³/mol. The van der Waals surface area contributed by atoms with Gasteiger partial charge in [-0.25, -0.2) is 4.98 Å². The molecule has 4 heteroatoms. The van der Waals surface area contributed by atoms with Gasteiger partial charge in [0.1, 0.15) is 5.69 Å². The summed E-state index contributed by atoms with van der Waals surface area (Å²) in [6.45, 7) is 0. The van der Waals surface area contributed by atoms with Crippen LogP contribution in [0.3, 0.4) is 0 Å². The quantitative estimate of drug-likeness (QED) is 0.431. The molecule has 0 saturated carbocycles. The van der Waals surface area contributed by atoms with E-state index >= 15 is 0 Å². The van der Waals surface area contributed by atoms with Crippen molar-refractivity contribution >= 4 is 28.9 Å². The van der Waals surface area contributed by atoms with Crippen LogP contribution in [0.15, 0.2) is 12.1 Å². The minimum Gasteiger partial charge on any atom is -0.296 e. The van der Waals surface area contributed by atoms with E-state index in [9.17, 15) is 9.18 Å². The van der Waals surface area contributed by atoms with E-state index in [1.54, 1.807) is 0 Å². The van der Waals surface area contributed by atoms with E-state index in [0.717, 1.165) is 0 Å². The van der Waals surface area contributed by atoms with Crippen LogP contribution in [0.5, 0.6) is 0 Å². The van der Waals surface area contributed by atoms with E-state index in [4.69, 9.17) is 0 Å². The lowest BCUT2D eigenvalue weighted by atomic mass is 10.4. The number of carbonyl (C=O) groups is 1. The zero-order chi connectivity index (χ0) is 7.56.